The monoisotopic (exact) mass is 1480 g/mol. The van der Waals surface area contributed by atoms with Gasteiger partial charge in [0.1, 0.15) is 0 Å². The summed E-state index contributed by atoms with van der Waals surface area (Å²) in [5, 5.41) is 32.4. The van der Waals surface area contributed by atoms with Crippen LogP contribution in [0.5, 0.6) is 5.75 Å². The van der Waals surface area contributed by atoms with Crippen LogP contribution in [0.15, 0.2) is 328 Å². The van der Waals surface area contributed by atoms with Gasteiger partial charge < -0.3 is 0 Å². The van der Waals surface area contributed by atoms with Crippen LogP contribution in [0.1, 0.15) is 28.2 Å². The van der Waals surface area contributed by atoms with E-state index in [0.717, 1.165) is 28.4 Å². The molecule has 2 aliphatic carbocycles. The molecule has 2 unspecified atom stereocenters. The minimum Gasteiger partial charge on any atom is -0.135 e. The van der Waals surface area contributed by atoms with Crippen LogP contribution in [-0.4, -0.2) is 58.0 Å². The molecule has 1 aromatic heterocycles. The Kier molecular flexibility index (Phi) is 19.0. The quantitative estimate of drug-likeness (QED) is 0.0923. The van der Waals surface area contributed by atoms with Gasteiger partial charge in [0.05, 0.1) is 0 Å². The van der Waals surface area contributed by atoms with Crippen molar-refractivity contribution in [3.63, 3.8) is 0 Å². The maximum atomic E-state index is 10.2. The molecule has 16 aromatic rings. The second-order valence-corrected chi connectivity index (χ2v) is 41.0. The summed E-state index contributed by atoms with van der Waals surface area (Å²) >= 11 is -1.14. The Morgan fingerprint density at radius 2 is 0.933 bits per heavy atom. The van der Waals surface area contributed by atoms with Gasteiger partial charge in [-0.1, -0.05) is 176 Å². The van der Waals surface area contributed by atoms with E-state index in [2.05, 4.69) is 351 Å². The molecule has 15 aromatic carbocycles. The predicted octanol–water partition coefficient (Wildman–Crippen LogP) is 23.3. The molecular weight excluding hydrogens is 1400 g/mol. The number of phenolic OH excluding ortho intramolecular Hbond substituents is 1. The third kappa shape index (κ3) is 12.7. The zero-order valence-corrected chi connectivity index (χ0v) is 64.2. The Balaban J connectivity index is 0.000000163. The first kappa shape index (κ1) is 67.4. The summed E-state index contributed by atoms with van der Waals surface area (Å²) in [4.78, 5) is 7.37. The molecule has 9 heteroatoms. The summed E-state index contributed by atoms with van der Waals surface area (Å²) in [5.41, 5.74) is 20.1. The van der Waals surface area contributed by atoms with Crippen LogP contribution < -0.4 is 18.6 Å². The SMILES string of the molecule is [2H][B].[B].[CH3][GeH]([CH3])[c]1ccc(N(c2ccc(O)cc2)C2C=Cc3ccc4c(N(c5ccc(C#N)cc5)c5ccc[c]([GeH]([CH3])[CH3])c5)ccc5c4c3C2C=C5)cc1.c1ccc(-c2ccc(-c3cccc(-c4ccc(-c5c6ccccc6c(-c6cccc7ccccc67)c6ccccc56)c5ccccc45)c3)s2)cc1. The molecule has 2 aliphatic rings. The molecular formula is C95H74B2Ge2N3OS. The number of anilines is 5. The number of hydrogen-bond donors (Lipinski definition) is 1. The topological polar surface area (TPSA) is 50.5 Å². The third-order valence-corrected chi connectivity index (χ3v) is 29.1. The number of aromatic hydroxyl groups is 1. The van der Waals surface area contributed by atoms with E-state index in [4.69, 9.17) is 1.34 Å². The van der Waals surface area contributed by atoms with E-state index >= 15 is 0 Å². The zero-order chi connectivity index (χ0) is 71.0. The average molecular weight is 1470 g/mol. The Labute approximate surface area is 627 Å². The number of benzene rings is 15. The number of phenols is 1. The van der Waals surface area contributed by atoms with Gasteiger partial charge in [-0.25, -0.2) is 0 Å². The third-order valence-electron chi connectivity index (χ3n) is 20.8. The van der Waals surface area contributed by atoms with Crippen molar-refractivity contribution in [1.82, 2.24) is 0 Å². The zero-order valence-electron chi connectivity index (χ0n) is 59.5. The largest absolute Gasteiger partial charge is 0.135 e. The fourth-order valence-electron chi connectivity index (χ4n) is 15.8. The summed E-state index contributed by atoms with van der Waals surface area (Å²) in [5.74, 6) is 10.0. The maximum absolute atomic E-state index is 10.2. The van der Waals surface area contributed by atoms with Crippen LogP contribution in [0.2, 0.25) is 23.0 Å². The van der Waals surface area contributed by atoms with Crippen molar-refractivity contribution in [3.8, 4) is 66.1 Å². The molecule has 5 radical (unpaired) electrons. The normalized spacial score (nSPS) is 13.4. The number of thiophene rings is 1. The fourth-order valence-corrected chi connectivity index (χ4v) is 20.9. The van der Waals surface area contributed by atoms with Gasteiger partial charge in [0.15, 0.2) is 0 Å². The van der Waals surface area contributed by atoms with Crippen LogP contribution in [0.25, 0.3) is 120 Å². The summed E-state index contributed by atoms with van der Waals surface area (Å²) in [6.45, 7) is 0. The molecule has 0 aliphatic heterocycles. The van der Waals surface area contributed by atoms with E-state index < -0.39 is 28.7 Å². The number of rotatable bonds is 13. The van der Waals surface area contributed by atoms with Crippen molar-refractivity contribution in [3.05, 3.63) is 350 Å². The van der Waals surface area contributed by atoms with Gasteiger partial charge in [0.25, 0.3) is 0 Å². The molecule has 0 spiro atoms. The van der Waals surface area contributed by atoms with Crippen molar-refractivity contribution in [2.45, 2.75) is 35.0 Å². The van der Waals surface area contributed by atoms with Crippen LogP contribution in [-0.2, 0) is 0 Å². The molecule has 0 bridgehead atoms. The molecule has 495 valence electrons. The Morgan fingerprint density at radius 3 is 1.60 bits per heavy atom. The molecule has 4 nitrogen and oxygen atoms in total. The first-order chi connectivity index (χ1) is 51.1. The first-order valence-electron chi connectivity index (χ1n) is 35.9. The maximum Gasteiger partial charge on any atom is 0.0349 e. The molecule has 0 amide bonds. The number of nitrogens with zero attached hydrogens (tertiary/aromatic N) is 3. The van der Waals surface area contributed by atoms with E-state index in [0.29, 0.717) is 5.56 Å². The van der Waals surface area contributed by atoms with Gasteiger partial charge in [-0.2, -0.15) is 0 Å². The van der Waals surface area contributed by atoms with Gasteiger partial charge in [0, 0.05) is 26.5 Å². The van der Waals surface area contributed by atoms with E-state index in [1.165, 1.54) is 134 Å². The molecule has 2 atom stereocenters. The van der Waals surface area contributed by atoms with Crippen molar-refractivity contribution < 1.29 is 5.11 Å². The minimum absolute atomic E-state index is 0. The van der Waals surface area contributed by atoms with Crippen molar-refractivity contribution in [2.75, 3.05) is 9.80 Å². The smallest absolute Gasteiger partial charge is 0.0349 e. The van der Waals surface area contributed by atoms with Crippen LogP contribution in [0, 0.1) is 11.3 Å². The van der Waals surface area contributed by atoms with Gasteiger partial charge in [-0.3, -0.25) is 0 Å². The summed E-state index contributed by atoms with van der Waals surface area (Å²) < 4.78 is 8.21. The second-order valence-electron chi connectivity index (χ2n) is 27.5. The fraction of sp³-hybridized carbons (Fsp3) is 0.0632. The Hall–Kier alpha value is -11.1. The molecule has 0 saturated heterocycles. The van der Waals surface area contributed by atoms with Crippen molar-refractivity contribution >= 4 is 160 Å². The van der Waals surface area contributed by atoms with E-state index in [-0.39, 0.29) is 26.1 Å². The second kappa shape index (κ2) is 29.3. The molecule has 18 rings (SSSR count). The van der Waals surface area contributed by atoms with Crippen LogP contribution in [0.4, 0.5) is 28.4 Å². The first-order valence-corrected chi connectivity index (χ1v) is 48.3. The Bertz CT molecular complexity index is 5970. The van der Waals surface area contributed by atoms with Gasteiger partial charge >= 0.3 is 312 Å². The standard InChI is InChI=1S/C50H32S.C45H41Ge2N3O.BH.B/c1-2-15-34(16-3-1)47-30-31-48(51-47)36-19-12-18-35(32-36)38-28-29-46(40-22-7-6-21-39(38)40)50-44-25-10-8-23-42(44)49(43-24-9-11-26-45(43)50)41-27-13-17-33-14-4-5-20-37(33)41;1-46(2)33-14-18-36(19-15-33)49(37-20-22-39(51)23-21-37)42-26-12-31-11-25-41-43(27-13-32-10-24-40(42)44(31)45(32)41)50(35-16-8-30(29-48)9-17-35)38-7-5-6-34(28-38)47(3)4;;/h1-32H;5-28,40,42,46-47,51H,1-4H3;1H;/i;;1D;. The minimum atomic E-state index is -1.56. The van der Waals surface area contributed by atoms with Gasteiger partial charge in [-0.15, -0.1) is 11.3 Å². The van der Waals surface area contributed by atoms with Crippen LogP contribution >= 0.6 is 11.3 Å². The molecule has 0 saturated carbocycles. The molecule has 1 N–H and O–H groups in total. The van der Waals surface area contributed by atoms with Gasteiger partial charge in [0.2, 0.25) is 0 Å². The number of hydrogen-bond acceptors (Lipinski definition) is 5. The van der Waals surface area contributed by atoms with E-state index in [1.807, 2.05) is 35.6 Å². The number of fused-ring (bicyclic) bond motifs is 4. The predicted molar refractivity (Wildman–Crippen MR) is 456 cm³/mol. The van der Waals surface area contributed by atoms with E-state index in [9.17, 15) is 10.4 Å². The van der Waals surface area contributed by atoms with Gasteiger partial charge in [-0.05, 0) is 107 Å². The Morgan fingerprint density at radius 1 is 0.413 bits per heavy atom. The van der Waals surface area contributed by atoms with Crippen LogP contribution in [0.3, 0.4) is 0 Å². The molecule has 1 heterocycles. The summed E-state index contributed by atoms with van der Waals surface area (Å²) in [6.07, 6.45) is 9.35. The van der Waals surface area contributed by atoms with Crippen molar-refractivity contribution in [1.29, 1.82) is 6.60 Å². The average Bonchev–Trinajstić information content (AvgIpc) is 0.905. The summed E-state index contributed by atoms with van der Waals surface area (Å²) in [7, 11) is 3.75. The number of nitriles is 1. The molecule has 0 fully saturated rings. The van der Waals surface area contributed by atoms with E-state index in [1.54, 1.807) is 12.1 Å². The summed E-state index contributed by atoms with van der Waals surface area (Å²) in [6, 6.07) is 116. The molecule has 104 heavy (non-hydrogen) atoms. The van der Waals surface area contributed by atoms with Crippen molar-refractivity contribution in [2.24, 2.45) is 0 Å².